The minimum absolute atomic E-state index is 0.372. The van der Waals surface area contributed by atoms with Gasteiger partial charge in [-0.2, -0.15) is 0 Å². The maximum absolute atomic E-state index is 10.1. The number of carbonyl (C=O) groups excluding carboxylic acids is 1. The summed E-state index contributed by atoms with van der Waals surface area (Å²) in [6.45, 7) is 5.08. The Hall–Kier alpha value is -0.860. The van der Waals surface area contributed by atoms with Gasteiger partial charge in [-0.1, -0.05) is 12.1 Å². The van der Waals surface area contributed by atoms with Crippen LogP contribution in [0.2, 0.25) is 0 Å². The predicted molar refractivity (Wildman–Crippen MR) is 35.2 cm³/mol. The Labute approximate surface area is 54.7 Å². The maximum Gasteiger partial charge on any atom is 0.331 e. The van der Waals surface area contributed by atoms with Crippen LogP contribution in [0.3, 0.4) is 0 Å². The average molecular weight is 129 g/mol. The summed E-state index contributed by atoms with van der Waals surface area (Å²) in [4.78, 5) is 14.5. The molecule has 0 saturated carbocycles. The predicted octanol–water partition coefficient (Wildman–Crippen LogP) is 1.34. The van der Waals surface area contributed by atoms with E-state index in [2.05, 4.69) is 9.99 Å². The second-order valence-electron chi connectivity index (χ2n) is 1.76. The third kappa shape index (κ3) is 5.00. The summed E-state index contributed by atoms with van der Waals surface area (Å²) in [6.07, 6.45) is 0.813. The van der Waals surface area contributed by atoms with Crippen LogP contribution in [0.1, 0.15) is 27.2 Å². The number of nitrogens with zero attached hydrogens (tertiary/aromatic N) is 1. The van der Waals surface area contributed by atoms with E-state index in [1.165, 1.54) is 6.92 Å². The first-order valence-corrected chi connectivity index (χ1v) is 2.88. The van der Waals surface area contributed by atoms with E-state index < -0.39 is 0 Å². The molecule has 0 saturated heterocycles. The Morgan fingerprint density at radius 1 is 1.56 bits per heavy atom. The number of carbonyl (C=O) groups is 1. The summed E-state index contributed by atoms with van der Waals surface area (Å²) in [6, 6.07) is 0. The smallest absolute Gasteiger partial charge is 0.319 e. The van der Waals surface area contributed by atoms with Gasteiger partial charge in [0, 0.05) is 6.92 Å². The molecule has 0 amide bonds. The van der Waals surface area contributed by atoms with Gasteiger partial charge in [0.25, 0.3) is 0 Å². The van der Waals surface area contributed by atoms with E-state index in [4.69, 9.17) is 0 Å². The SMILES string of the molecule is CCC(C)=NOC(C)=O. The van der Waals surface area contributed by atoms with Gasteiger partial charge in [0.15, 0.2) is 0 Å². The second kappa shape index (κ2) is 4.06. The molecule has 52 valence electrons. The van der Waals surface area contributed by atoms with Crippen molar-refractivity contribution in [1.82, 2.24) is 0 Å². The highest BCUT2D eigenvalue weighted by atomic mass is 16.7. The molecule has 0 atom stereocenters. The molecule has 3 nitrogen and oxygen atoms in total. The molecule has 0 fully saturated rings. The Morgan fingerprint density at radius 3 is 2.44 bits per heavy atom. The maximum atomic E-state index is 10.1. The molecule has 9 heavy (non-hydrogen) atoms. The van der Waals surface area contributed by atoms with E-state index in [0.717, 1.165) is 12.1 Å². The van der Waals surface area contributed by atoms with Crippen LogP contribution in [-0.2, 0) is 9.63 Å². The van der Waals surface area contributed by atoms with Gasteiger partial charge in [-0.05, 0) is 13.3 Å². The van der Waals surface area contributed by atoms with Gasteiger partial charge in [0.2, 0.25) is 0 Å². The quantitative estimate of drug-likeness (QED) is 0.320. The van der Waals surface area contributed by atoms with E-state index in [-0.39, 0.29) is 5.97 Å². The molecule has 0 spiro atoms. The summed E-state index contributed by atoms with van der Waals surface area (Å²) in [5.74, 6) is -0.372. The molecule has 0 unspecified atom stereocenters. The lowest BCUT2D eigenvalue weighted by atomic mass is 10.3. The van der Waals surface area contributed by atoms with Gasteiger partial charge in [0.1, 0.15) is 0 Å². The second-order valence-corrected chi connectivity index (χ2v) is 1.76. The molecule has 0 rings (SSSR count). The number of hydrogen-bond donors (Lipinski definition) is 0. The van der Waals surface area contributed by atoms with E-state index >= 15 is 0 Å². The van der Waals surface area contributed by atoms with E-state index in [1.54, 1.807) is 0 Å². The fourth-order valence-electron chi connectivity index (χ4n) is 0.207. The molecule has 0 aromatic carbocycles. The van der Waals surface area contributed by atoms with Crippen molar-refractivity contribution < 1.29 is 9.63 Å². The zero-order valence-corrected chi connectivity index (χ0v) is 5.97. The molecule has 0 aromatic rings. The average Bonchev–Trinajstić information content (AvgIpc) is 1.83. The number of oxime groups is 1. The minimum Gasteiger partial charge on any atom is -0.319 e. The van der Waals surface area contributed by atoms with Crippen molar-refractivity contribution in [2.75, 3.05) is 0 Å². The van der Waals surface area contributed by atoms with Gasteiger partial charge in [-0.3, -0.25) is 0 Å². The zero-order valence-electron chi connectivity index (χ0n) is 5.97. The lowest BCUT2D eigenvalue weighted by Crippen LogP contribution is -1.95. The van der Waals surface area contributed by atoms with Crippen LogP contribution in [0.15, 0.2) is 5.16 Å². The van der Waals surface area contributed by atoms with E-state index in [0.29, 0.717) is 0 Å². The fraction of sp³-hybridized carbons (Fsp3) is 0.667. The third-order valence-electron chi connectivity index (χ3n) is 0.842. The molecular formula is C6H11NO2. The summed E-state index contributed by atoms with van der Waals surface area (Å²) in [5.41, 5.74) is 0.824. The summed E-state index contributed by atoms with van der Waals surface area (Å²) in [7, 11) is 0. The minimum atomic E-state index is -0.372. The van der Waals surface area contributed by atoms with Crippen LogP contribution in [-0.4, -0.2) is 11.7 Å². The van der Waals surface area contributed by atoms with Crippen molar-refractivity contribution in [3.63, 3.8) is 0 Å². The number of rotatable bonds is 2. The topological polar surface area (TPSA) is 38.7 Å². The molecule has 0 radical (unpaired) electrons. The van der Waals surface area contributed by atoms with Gasteiger partial charge in [-0.15, -0.1) is 0 Å². The number of hydrogen-bond acceptors (Lipinski definition) is 3. The molecule has 3 heteroatoms. The molecule has 0 heterocycles. The van der Waals surface area contributed by atoms with Gasteiger partial charge >= 0.3 is 5.97 Å². The van der Waals surface area contributed by atoms with Crippen LogP contribution < -0.4 is 0 Å². The Morgan fingerprint density at radius 2 is 2.11 bits per heavy atom. The molecule has 0 aliphatic heterocycles. The summed E-state index contributed by atoms with van der Waals surface area (Å²) < 4.78 is 0. The normalized spacial score (nSPS) is 11.2. The van der Waals surface area contributed by atoms with Gasteiger partial charge < -0.3 is 4.84 Å². The van der Waals surface area contributed by atoms with Crippen molar-refractivity contribution in [2.45, 2.75) is 27.2 Å². The molecule has 0 aliphatic rings. The lowest BCUT2D eigenvalue weighted by molar-refractivity contribution is -0.140. The largest absolute Gasteiger partial charge is 0.331 e. The lowest BCUT2D eigenvalue weighted by Gasteiger charge is -1.91. The van der Waals surface area contributed by atoms with Crippen molar-refractivity contribution in [3.05, 3.63) is 0 Å². The van der Waals surface area contributed by atoms with Crippen LogP contribution in [0.5, 0.6) is 0 Å². The van der Waals surface area contributed by atoms with E-state index in [9.17, 15) is 4.79 Å². The van der Waals surface area contributed by atoms with Gasteiger partial charge in [0.05, 0.1) is 5.71 Å². The van der Waals surface area contributed by atoms with Crippen LogP contribution in [0, 0.1) is 0 Å². The molecular weight excluding hydrogens is 118 g/mol. The van der Waals surface area contributed by atoms with E-state index in [1.807, 2.05) is 13.8 Å². The summed E-state index contributed by atoms with van der Waals surface area (Å²) in [5, 5.41) is 3.51. The monoisotopic (exact) mass is 129 g/mol. The fourth-order valence-corrected chi connectivity index (χ4v) is 0.207. The van der Waals surface area contributed by atoms with Crippen LogP contribution >= 0.6 is 0 Å². The zero-order chi connectivity index (χ0) is 7.28. The first-order valence-electron chi connectivity index (χ1n) is 2.88. The molecule has 0 N–H and O–H groups in total. The highest BCUT2D eigenvalue weighted by Gasteiger charge is 1.89. The first kappa shape index (κ1) is 8.14. The van der Waals surface area contributed by atoms with Crippen LogP contribution in [0.4, 0.5) is 0 Å². The Balaban J connectivity index is 3.56. The van der Waals surface area contributed by atoms with Crippen molar-refractivity contribution in [2.24, 2.45) is 5.16 Å². The van der Waals surface area contributed by atoms with Crippen molar-refractivity contribution in [1.29, 1.82) is 0 Å². The van der Waals surface area contributed by atoms with Crippen molar-refractivity contribution >= 4 is 11.7 Å². The Kier molecular flexibility index (Phi) is 3.67. The highest BCUT2D eigenvalue weighted by molar-refractivity contribution is 5.81. The third-order valence-corrected chi connectivity index (χ3v) is 0.842. The first-order chi connectivity index (χ1) is 4.16. The highest BCUT2D eigenvalue weighted by Crippen LogP contribution is 1.85. The van der Waals surface area contributed by atoms with Crippen molar-refractivity contribution in [3.8, 4) is 0 Å². The van der Waals surface area contributed by atoms with Crippen LogP contribution in [0.25, 0.3) is 0 Å². The standard InChI is InChI=1S/C6H11NO2/c1-4-5(2)7-9-6(3)8/h4H2,1-3H3. The Bertz CT molecular complexity index is 129. The molecule has 0 bridgehead atoms. The molecule has 0 aliphatic carbocycles. The summed E-state index contributed by atoms with van der Waals surface area (Å²) >= 11 is 0. The van der Waals surface area contributed by atoms with Gasteiger partial charge in [-0.25, -0.2) is 4.79 Å². The molecule has 0 aromatic heterocycles.